The van der Waals surface area contributed by atoms with E-state index in [1.807, 2.05) is 18.2 Å². The summed E-state index contributed by atoms with van der Waals surface area (Å²) in [7, 11) is 1.71. The number of aliphatic imine (C=N–C) groups is 1. The molecule has 0 spiro atoms. The van der Waals surface area contributed by atoms with Gasteiger partial charge >= 0.3 is 0 Å². The van der Waals surface area contributed by atoms with Gasteiger partial charge in [-0.1, -0.05) is 18.2 Å². The number of aromatic nitrogens is 1. The van der Waals surface area contributed by atoms with Crippen molar-refractivity contribution in [2.45, 2.75) is 44.9 Å². The van der Waals surface area contributed by atoms with E-state index < -0.39 is 0 Å². The smallest absolute Gasteiger partial charge is 0.218 e. The van der Waals surface area contributed by atoms with Crippen molar-refractivity contribution in [2.24, 2.45) is 4.99 Å². The molecule has 1 aliphatic rings. The maximum atomic E-state index is 13.3. The van der Waals surface area contributed by atoms with Crippen molar-refractivity contribution in [3.63, 3.8) is 0 Å². The molecule has 1 aromatic carbocycles. The lowest BCUT2D eigenvalue weighted by molar-refractivity contribution is 0.199. The molecule has 2 N–H and O–H groups in total. The summed E-state index contributed by atoms with van der Waals surface area (Å²) in [5.41, 5.74) is 1.85. The van der Waals surface area contributed by atoms with Crippen molar-refractivity contribution < 1.29 is 9.13 Å². The summed E-state index contributed by atoms with van der Waals surface area (Å²) in [4.78, 5) is 8.60. The van der Waals surface area contributed by atoms with Crippen molar-refractivity contribution >= 4 is 29.9 Å². The molecule has 3 rings (SSSR count). The summed E-state index contributed by atoms with van der Waals surface area (Å²) in [6.07, 6.45) is 6.67. The molecule has 0 radical (unpaired) electrons. The van der Waals surface area contributed by atoms with Gasteiger partial charge in [-0.3, -0.25) is 4.99 Å². The van der Waals surface area contributed by atoms with E-state index in [2.05, 4.69) is 20.6 Å². The van der Waals surface area contributed by atoms with Gasteiger partial charge in [-0.15, -0.1) is 24.0 Å². The van der Waals surface area contributed by atoms with Crippen LogP contribution in [-0.4, -0.2) is 24.1 Å². The predicted molar refractivity (Wildman–Crippen MR) is 116 cm³/mol. The summed E-state index contributed by atoms with van der Waals surface area (Å²) >= 11 is 0. The van der Waals surface area contributed by atoms with Crippen LogP contribution in [0, 0.1) is 5.82 Å². The molecule has 1 fully saturated rings. The van der Waals surface area contributed by atoms with Gasteiger partial charge in [0.2, 0.25) is 5.88 Å². The van der Waals surface area contributed by atoms with Gasteiger partial charge in [0.1, 0.15) is 11.9 Å². The topological polar surface area (TPSA) is 58.5 Å². The lowest BCUT2D eigenvalue weighted by atomic mass is 10.2. The van der Waals surface area contributed by atoms with Crippen LogP contribution in [0.4, 0.5) is 4.39 Å². The van der Waals surface area contributed by atoms with E-state index in [-0.39, 0.29) is 35.9 Å². The number of nitrogens with zero attached hydrogens (tertiary/aromatic N) is 2. The number of nitrogens with one attached hydrogen (secondary N) is 2. The summed E-state index contributed by atoms with van der Waals surface area (Å²) < 4.78 is 19.3. The molecule has 7 heteroatoms. The standard InChI is InChI=1S/C20H25FN4O.HI/c1-22-20(24-13-15-6-4-8-17(21)12-15)25-14-16-7-5-11-23-19(16)26-18-9-2-3-10-18;/h4-8,11-12,18H,2-3,9-10,13-14H2,1H3,(H2,22,24,25);1H. The quantitative estimate of drug-likeness (QED) is 0.370. The second-order valence-corrected chi connectivity index (χ2v) is 6.40. The van der Waals surface area contributed by atoms with Crippen molar-refractivity contribution in [3.8, 4) is 5.88 Å². The highest BCUT2D eigenvalue weighted by Crippen LogP contribution is 2.24. The molecule has 1 aromatic heterocycles. The Morgan fingerprint density at radius 1 is 1.19 bits per heavy atom. The fourth-order valence-corrected chi connectivity index (χ4v) is 3.06. The number of hydrogen-bond acceptors (Lipinski definition) is 3. The fourth-order valence-electron chi connectivity index (χ4n) is 3.06. The molecule has 0 amide bonds. The second kappa shape index (κ2) is 11.1. The van der Waals surface area contributed by atoms with Crippen molar-refractivity contribution in [1.82, 2.24) is 15.6 Å². The number of hydrogen-bond donors (Lipinski definition) is 2. The Morgan fingerprint density at radius 3 is 2.70 bits per heavy atom. The zero-order valence-electron chi connectivity index (χ0n) is 15.5. The molecule has 27 heavy (non-hydrogen) atoms. The van der Waals surface area contributed by atoms with Gasteiger partial charge in [0, 0.05) is 31.9 Å². The van der Waals surface area contributed by atoms with Gasteiger partial charge in [0.25, 0.3) is 0 Å². The minimum Gasteiger partial charge on any atom is -0.474 e. The van der Waals surface area contributed by atoms with E-state index in [0.29, 0.717) is 24.9 Å². The lowest BCUT2D eigenvalue weighted by Crippen LogP contribution is -2.36. The maximum absolute atomic E-state index is 13.3. The molecule has 0 unspecified atom stereocenters. The van der Waals surface area contributed by atoms with E-state index in [9.17, 15) is 4.39 Å². The Kier molecular flexibility index (Phi) is 8.77. The van der Waals surface area contributed by atoms with Crippen molar-refractivity contribution in [3.05, 3.63) is 59.5 Å². The minimum absolute atomic E-state index is 0. The zero-order valence-corrected chi connectivity index (χ0v) is 17.8. The van der Waals surface area contributed by atoms with Crippen LogP contribution in [-0.2, 0) is 13.1 Å². The lowest BCUT2D eigenvalue weighted by Gasteiger charge is -2.17. The SMILES string of the molecule is CN=C(NCc1cccc(F)c1)NCc1cccnc1OC1CCCC1.I. The van der Waals surface area contributed by atoms with Crippen molar-refractivity contribution in [2.75, 3.05) is 7.05 Å². The third kappa shape index (κ3) is 6.64. The van der Waals surface area contributed by atoms with Crippen LogP contribution in [0.15, 0.2) is 47.6 Å². The van der Waals surface area contributed by atoms with Crippen LogP contribution >= 0.6 is 24.0 Å². The monoisotopic (exact) mass is 484 g/mol. The Morgan fingerprint density at radius 2 is 1.96 bits per heavy atom. The molecule has 146 valence electrons. The molecular formula is C20H26FIN4O. The van der Waals surface area contributed by atoms with Crippen LogP contribution in [0.2, 0.25) is 0 Å². The highest BCUT2D eigenvalue weighted by molar-refractivity contribution is 14.0. The molecule has 0 saturated heterocycles. The largest absolute Gasteiger partial charge is 0.474 e. The zero-order chi connectivity index (χ0) is 18.2. The molecule has 0 atom stereocenters. The summed E-state index contributed by atoms with van der Waals surface area (Å²) in [5.74, 6) is 1.09. The average molecular weight is 484 g/mol. The fraction of sp³-hybridized carbons (Fsp3) is 0.400. The first-order chi connectivity index (χ1) is 12.7. The van der Waals surface area contributed by atoms with E-state index in [0.717, 1.165) is 24.0 Å². The molecule has 1 aliphatic carbocycles. The van der Waals surface area contributed by atoms with Crippen LogP contribution in [0.1, 0.15) is 36.8 Å². The molecular weight excluding hydrogens is 458 g/mol. The molecule has 0 aliphatic heterocycles. The Balaban J connectivity index is 0.00000261. The number of pyridine rings is 1. The van der Waals surface area contributed by atoms with Gasteiger partial charge in [-0.25, -0.2) is 9.37 Å². The summed E-state index contributed by atoms with van der Waals surface area (Å²) in [6.45, 7) is 1.05. The Hall–Kier alpha value is -1.90. The third-order valence-electron chi connectivity index (χ3n) is 4.45. The van der Waals surface area contributed by atoms with Crippen LogP contribution < -0.4 is 15.4 Å². The molecule has 0 bridgehead atoms. The highest BCUT2D eigenvalue weighted by Gasteiger charge is 2.18. The van der Waals surface area contributed by atoms with Gasteiger partial charge in [-0.05, 0) is 49.4 Å². The molecule has 1 saturated carbocycles. The first-order valence-electron chi connectivity index (χ1n) is 9.04. The van der Waals surface area contributed by atoms with E-state index >= 15 is 0 Å². The van der Waals surface area contributed by atoms with Gasteiger partial charge in [0.15, 0.2) is 5.96 Å². The highest BCUT2D eigenvalue weighted by atomic mass is 127. The number of halogens is 2. The van der Waals surface area contributed by atoms with E-state index in [1.54, 1.807) is 19.3 Å². The van der Waals surface area contributed by atoms with Crippen LogP contribution in [0.5, 0.6) is 5.88 Å². The number of benzene rings is 1. The average Bonchev–Trinajstić information content (AvgIpc) is 3.16. The van der Waals surface area contributed by atoms with E-state index in [4.69, 9.17) is 4.74 Å². The van der Waals surface area contributed by atoms with Gasteiger partial charge < -0.3 is 15.4 Å². The first kappa shape index (κ1) is 21.4. The normalized spacial score (nSPS) is 14.5. The van der Waals surface area contributed by atoms with Gasteiger partial charge in [-0.2, -0.15) is 0 Å². The minimum atomic E-state index is -0.240. The second-order valence-electron chi connectivity index (χ2n) is 6.40. The number of ether oxygens (including phenoxy) is 1. The Labute approximate surface area is 176 Å². The summed E-state index contributed by atoms with van der Waals surface area (Å²) in [5, 5.41) is 6.45. The van der Waals surface area contributed by atoms with E-state index in [1.165, 1.54) is 25.0 Å². The summed E-state index contributed by atoms with van der Waals surface area (Å²) in [6, 6.07) is 10.4. The maximum Gasteiger partial charge on any atom is 0.218 e. The predicted octanol–water partition coefficient (Wildman–Crippen LogP) is 4.03. The van der Waals surface area contributed by atoms with Gasteiger partial charge in [0.05, 0.1) is 0 Å². The van der Waals surface area contributed by atoms with Crippen LogP contribution in [0.25, 0.3) is 0 Å². The number of guanidine groups is 1. The third-order valence-corrected chi connectivity index (χ3v) is 4.45. The number of rotatable bonds is 6. The van der Waals surface area contributed by atoms with Crippen molar-refractivity contribution in [1.29, 1.82) is 0 Å². The molecule has 5 nitrogen and oxygen atoms in total. The Bertz CT molecular complexity index is 750. The molecule has 1 heterocycles. The molecule has 2 aromatic rings. The van der Waals surface area contributed by atoms with Crippen LogP contribution in [0.3, 0.4) is 0 Å². The first-order valence-corrected chi connectivity index (χ1v) is 9.04.